The molecule has 1 aliphatic carbocycles. The minimum Gasteiger partial charge on any atom is -0.388 e. The fourth-order valence-corrected chi connectivity index (χ4v) is 3.06. The lowest BCUT2D eigenvalue weighted by Crippen LogP contribution is -2.21. The highest BCUT2D eigenvalue weighted by Crippen LogP contribution is 2.26. The highest BCUT2D eigenvalue weighted by atomic mass is 16.3. The van der Waals surface area contributed by atoms with Crippen molar-refractivity contribution in [2.45, 2.75) is 52.6 Å². The fourth-order valence-electron chi connectivity index (χ4n) is 3.06. The second-order valence-corrected chi connectivity index (χ2v) is 6.45. The number of carbonyl (C=O) groups is 1. The van der Waals surface area contributed by atoms with Gasteiger partial charge in [0, 0.05) is 19.6 Å². The Labute approximate surface area is 158 Å². The minimum absolute atomic E-state index is 0. The first-order chi connectivity index (χ1) is 12.6. The zero-order valence-electron chi connectivity index (χ0n) is 16.0. The lowest BCUT2D eigenvalue weighted by Gasteiger charge is -2.19. The zero-order valence-corrected chi connectivity index (χ0v) is 16.0. The molecule has 1 N–H and O–H groups in total. The van der Waals surface area contributed by atoms with Crippen molar-refractivity contribution in [3.63, 3.8) is 0 Å². The average molecular weight is 354 g/mol. The van der Waals surface area contributed by atoms with Gasteiger partial charge in [0.05, 0.1) is 12.6 Å². The first-order valence-corrected chi connectivity index (χ1v) is 9.51. The summed E-state index contributed by atoms with van der Waals surface area (Å²) in [5.74, 6) is 0.0553. The number of rotatable bonds is 6. The van der Waals surface area contributed by atoms with Gasteiger partial charge < -0.3 is 5.11 Å². The molecule has 0 aromatic heterocycles. The number of benzene rings is 1. The van der Waals surface area contributed by atoms with Crippen molar-refractivity contribution in [3.8, 4) is 0 Å². The van der Waals surface area contributed by atoms with E-state index in [4.69, 9.17) is 0 Å². The summed E-state index contributed by atoms with van der Waals surface area (Å²) < 4.78 is 0. The molecule has 0 saturated carbocycles. The van der Waals surface area contributed by atoms with Crippen molar-refractivity contribution in [2.75, 3.05) is 6.54 Å². The van der Waals surface area contributed by atoms with E-state index < -0.39 is 6.10 Å². The molecule has 140 valence electrons. The van der Waals surface area contributed by atoms with Crippen molar-refractivity contribution in [2.24, 2.45) is 4.99 Å². The van der Waals surface area contributed by atoms with Crippen LogP contribution in [-0.2, 0) is 11.2 Å². The molecule has 1 heterocycles. The lowest BCUT2D eigenvalue weighted by molar-refractivity contribution is -0.116. The van der Waals surface area contributed by atoms with Crippen LogP contribution in [0.25, 0.3) is 0 Å². The molecule has 1 aliphatic heterocycles. The summed E-state index contributed by atoms with van der Waals surface area (Å²) in [6.45, 7) is 6.73. The van der Waals surface area contributed by atoms with Crippen LogP contribution in [-0.4, -0.2) is 29.8 Å². The third-order valence-corrected chi connectivity index (χ3v) is 4.56. The SMILES string of the molecule is CC.Cc1ccc(CCCC(=O)C2=CC(C3=CC=NC3)=CCC2O)cc1.[HH]. The third-order valence-electron chi connectivity index (χ3n) is 4.56. The van der Waals surface area contributed by atoms with Crippen molar-refractivity contribution >= 4 is 12.0 Å². The molecule has 2 aliphatic rings. The van der Waals surface area contributed by atoms with Crippen LogP contribution in [0.1, 0.15) is 45.7 Å². The summed E-state index contributed by atoms with van der Waals surface area (Å²) in [6, 6.07) is 8.42. The Morgan fingerprint density at radius 3 is 2.65 bits per heavy atom. The van der Waals surface area contributed by atoms with Gasteiger partial charge >= 0.3 is 0 Å². The van der Waals surface area contributed by atoms with E-state index in [9.17, 15) is 9.90 Å². The third kappa shape index (κ3) is 5.37. The summed E-state index contributed by atoms with van der Waals surface area (Å²) in [5, 5.41) is 10.2. The van der Waals surface area contributed by atoms with E-state index in [-0.39, 0.29) is 7.21 Å². The number of carbonyl (C=O) groups excluding carboxylic acids is 1. The molecule has 0 bridgehead atoms. The van der Waals surface area contributed by atoms with Gasteiger partial charge in [-0.1, -0.05) is 49.8 Å². The summed E-state index contributed by atoms with van der Waals surface area (Å²) in [5.41, 5.74) is 5.19. The number of Topliss-reactive ketones (excluding diaryl/α,β-unsaturated/α-hetero) is 1. The molecule has 0 amide bonds. The Kier molecular flexibility index (Phi) is 7.73. The van der Waals surface area contributed by atoms with E-state index in [1.807, 2.05) is 32.1 Å². The molecule has 0 radical (unpaired) electrons. The summed E-state index contributed by atoms with van der Waals surface area (Å²) >= 11 is 0. The molecular formula is C23H31NO2. The van der Waals surface area contributed by atoms with Crippen LogP contribution in [0.5, 0.6) is 0 Å². The van der Waals surface area contributed by atoms with Crippen LogP contribution in [0.3, 0.4) is 0 Å². The molecule has 26 heavy (non-hydrogen) atoms. The van der Waals surface area contributed by atoms with Crippen molar-refractivity contribution in [1.82, 2.24) is 0 Å². The van der Waals surface area contributed by atoms with Gasteiger partial charge in [-0.05, 0) is 55.0 Å². The van der Waals surface area contributed by atoms with Crippen LogP contribution in [0, 0.1) is 6.92 Å². The maximum atomic E-state index is 12.5. The number of hydrogen-bond donors (Lipinski definition) is 1. The largest absolute Gasteiger partial charge is 0.388 e. The smallest absolute Gasteiger partial charge is 0.161 e. The molecule has 1 atom stereocenters. The molecule has 3 rings (SSSR count). The van der Waals surface area contributed by atoms with E-state index >= 15 is 0 Å². The van der Waals surface area contributed by atoms with E-state index in [1.165, 1.54) is 11.1 Å². The lowest BCUT2D eigenvalue weighted by atomic mass is 9.89. The molecular weight excluding hydrogens is 322 g/mol. The number of aliphatic hydroxyl groups excluding tert-OH is 1. The monoisotopic (exact) mass is 353 g/mol. The van der Waals surface area contributed by atoms with E-state index in [0.717, 1.165) is 24.0 Å². The van der Waals surface area contributed by atoms with Crippen LogP contribution >= 0.6 is 0 Å². The van der Waals surface area contributed by atoms with Crippen LogP contribution in [0.15, 0.2) is 64.2 Å². The molecule has 1 aromatic carbocycles. The summed E-state index contributed by atoms with van der Waals surface area (Å²) in [4.78, 5) is 16.7. The molecule has 0 fully saturated rings. The Bertz CT molecular complexity index is 742. The van der Waals surface area contributed by atoms with Crippen molar-refractivity contribution in [3.05, 3.63) is 70.3 Å². The molecule has 3 heteroatoms. The standard InChI is InChI=1S/C21H23NO2.C2H6.H2/c1-15-5-7-16(8-6-15)3-2-4-20(23)19-13-17(9-10-21(19)24)18-11-12-22-14-18;1-2;/h5-9,11-13,21,24H,2-4,10,14H2,1H3;1-2H3;1H. The number of ketones is 1. The average Bonchev–Trinajstić information content (AvgIpc) is 3.20. The predicted octanol–water partition coefficient (Wildman–Crippen LogP) is 4.79. The van der Waals surface area contributed by atoms with Crippen molar-refractivity contribution < 1.29 is 11.3 Å². The number of aliphatic hydroxyl groups is 1. The van der Waals surface area contributed by atoms with Gasteiger partial charge in [-0.3, -0.25) is 9.79 Å². The molecule has 0 spiro atoms. The molecule has 0 saturated heterocycles. The van der Waals surface area contributed by atoms with Crippen LogP contribution < -0.4 is 0 Å². The quantitative estimate of drug-likeness (QED) is 0.799. The normalized spacial score (nSPS) is 18.5. The number of hydrogen-bond acceptors (Lipinski definition) is 3. The fraction of sp³-hybridized carbons (Fsp3) is 0.391. The van der Waals surface area contributed by atoms with Gasteiger partial charge in [0.25, 0.3) is 0 Å². The minimum atomic E-state index is -0.677. The first kappa shape index (κ1) is 20.1. The Hall–Kier alpha value is -2.26. The van der Waals surface area contributed by atoms with E-state index in [1.54, 1.807) is 6.21 Å². The Balaban J connectivity index is 0.00000118. The number of aliphatic imine (C=N–C) groups is 1. The maximum Gasteiger partial charge on any atom is 0.161 e. The highest BCUT2D eigenvalue weighted by molar-refractivity contribution is 5.97. The van der Waals surface area contributed by atoms with Gasteiger partial charge in [0.2, 0.25) is 0 Å². The molecule has 3 nitrogen and oxygen atoms in total. The predicted molar refractivity (Wildman–Crippen MR) is 111 cm³/mol. The number of aryl methyl sites for hydroxylation is 2. The highest BCUT2D eigenvalue weighted by Gasteiger charge is 2.22. The summed E-state index contributed by atoms with van der Waals surface area (Å²) in [7, 11) is 0. The zero-order chi connectivity index (χ0) is 18.9. The molecule has 1 unspecified atom stereocenters. The summed E-state index contributed by atoms with van der Waals surface area (Å²) in [6.07, 6.45) is 9.59. The van der Waals surface area contributed by atoms with Crippen LogP contribution in [0.4, 0.5) is 0 Å². The topological polar surface area (TPSA) is 49.7 Å². The van der Waals surface area contributed by atoms with E-state index in [0.29, 0.717) is 25.0 Å². The Morgan fingerprint density at radius 2 is 2.00 bits per heavy atom. The number of nitrogens with zero attached hydrogens (tertiary/aromatic N) is 1. The Morgan fingerprint density at radius 1 is 1.27 bits per heavy atom. The van der Waals surface area contributed by atoms with Crippen molar-refractivity contribution in [1.29, 1.82) is 0 Å². The second-order valence-electron chi connectivity index (χ2n) is 6.45. The van der Waals surface area contributed by atoms with Gasteiger partial charge in [-0.25, -0.2) is 0 Å². The second kappa shape index (κ2) is 10.0. The molecule has 1 aromatic rings. The number of allylic oxidation sites excluding steroid dienone is 2. The first-order valence-electron chi connectivity index (χ1n) is 9.51. The van der Waals surface area contributed by atoms with E-state index in [2.05, 4.69) is 36.2 Å². The van der Waals surface area contributed by atoms with Gasteiger partial charge in [0.1, 0.15) is 0 Å². The van der Waals surface area contributed by atoms with Gasteiger partial charge in [-0.2, -0.15) is 0 Å². The van der Waals surface area contributed by atoms with Crippen LogP contribution in [0.2, 0.25) is 0 Å². The maximum absolute atomic E-state index is 12.5. The van der Waals surface area contributed by atoms with Gasteiger partial charge in [-0.15, -0.1) is 0 Å². The van der Waals surface area contributed by atoms with Gasteiger partial charge in [0.15, 0.2) is 5.78 Å².